The lowest BCUT2D eigenvalue weighted by Gasteiger charge is -2.30. The third kappa shape index (κ3) is 2.89. The predicted molar refractivity (Wildman–Crippen MR) is 76.4 cm³/mol. The average molecular weight is 307 g/mol. The van der Waals surface area contributed by atoms with E-state index in [9.17, 15) is 5.11 Å². The lowest BCUT2D eigenvalue weighted by Crippen LogP contribution is -2.36. The Bertz CT molecular complexity index is 518. The van der Waals surface area contributed by atoms with Gasteiger partial charge in [0.15, 0.2) is 0 Å². The third-order valence-electron chi connectivity index (χ3n) is 2.85. The first-order valence-corrected chi connectivity index (χ1v) is 6.50. The van der Waals surface area contributed by atoms with Crippen LogP contribution in [0, 0.1) is 0 Å². The lowest BCUT2D eigenvalue weighted by atomic mass is 9.93. The summed E-state index contributed by atoms with van der Waals surface area (Å²) >= 11 is 3.33. The molecular formula is C14H15BrN2O. The maximum absolute atomic E-state index is 9.67. The van der Waals surface area contributed by atoms with Gasteiger partial charge in [-0.2, -0.15) is 0 Å². The van der Waals surface area contributed by atoms with Crippen LogP contribution in [0.15, 0.2) is 53.1 Å². The van der Waals surface area contributed by atoms with Crippen molar-refractivity contribution in [3.8, 4) is 0 Å². The number of anilines is 1. The fourth-order valence-electron chi connectivity index (χ4n) is 1.77. The second-order valence-corrected chi connectivity index (χ2v) is 5.14. The molecule has 1 unspecified atom stereocenters. The van der Waals surface area contributed by atoms with Crippen molar-refractivity contribution < 1.29 is 5.11 Å². The minimum Gasteiger partial charge on any atom is -0.394 e. The van der Waals surface area contributed by atoms with Gasteiger partial charge in [-0.05, 0) is 40.5 Å². The van der Waals surface area contributed by atoms with Gasteiger partial charge in [0.05, 0.1) is 12.1 Å². The first kappa shape index (κ1) is 13.1. The van der Waals surface area contributed by atoms with Crippen LogP contribution in [0.4, 0.5) is 5.82 Å². The highest BCUT2D eigenvalue weighted by atomic mass is 79.9. The molecule has 1 aromatic carbocycles. The molecule has 0 saturated heterocycles. The van der Waals surface area contributed by atoms with Crippen molar-refractivity contribution in [2.45, 2.75) is 12.5 Å². The number of nitrogens with zero attached hydrogens (tertiary/aromatic N) is 1. The van der Waals surface area contributed by atoms with Gasteiger partial charge in [-0.1, -0.05) is 36.4 Å². The Morgan fingerprint density at radius 2 is 1.89 bits per heavy atom. The van der Waals surface area contributed by atoms with Crippen molar-refractivity contribution in [1.29, 1.82) is 0 Å². The SMILES string of the molecule is CC(CO)(Nc1cccc(Br)n1)c1ccccc1. The van der Waals surface area contributed by atoms with Crippen molar-refractivity contribution >= 4 is 21.7 Å². The number of pyridine rings is 1. The zero-order chi connectivity index (χ0) is 13.0. The molecule has 0 amide bonds. The number of nitrogens with one attached hydrogen (secondary N) is 1. The molecule has 94 valence electrons. The summed E-state index contributed by atoms with van der Waals surface area (Å²) in [7, 11) is 0. The minimum atomic E-state index is -0.547. The predicted octanol–water partition coefficient (Wildman–Crippen LogP) is 3.16. The van der Waals surface area contributed by atoms with Crippen LogP contribution in [0.5, 0.6) is 0 Å². The van der Waals surface area contributed by atoms with Crippen LogP contribution in [0.1, 0.15) is 12.5 Å². The first-order valence-electron chi connectivity index (χ1n) is 5.71. The highest BCUT2D eigenvalue weighted by molar-refractivity contribution is 9.10. The summed E-state index contributed by atoms with van der Waals surface area (Å²) in [5.41, 5.74) is 0.476. The summed E-state index contributed by atoms with van der Waals surface area (Å²) in [6.07, 6.45) is 0. The zero-order valence-electron chi connectivity index (χ0n) is 10.1. The summed E-state index contributed by atoms with van der Waals surface area (Å²) in [6.45, 7) is 1.94. The standard InChI is InChI=1S/C14H15BrN2O/c1-14(10-18,11-6-3-2-4-7-11)17-13-9-5-8-12(15)16-13/h2-9,18H,10H2,1H3,(H,16,17). The lowest BCUT2D eigenvalue weighted by molar-refractivity contribution is 0.223. The Morgan fingerprint density at radius 3 is 2.50 bits per heavy atom. The third-order valence-corrected chi connectivity index (χ3v) is 3.29. The minimum absolute atomic E-state index is 0.00872. The van der Waals surface area contributed by atoms with Gasteiger partial charge in [0.1, 0.15) is 10.4 Å². The molecule has 2 rings (SSSR count). The van der Waals surface area contributed by atoms with E-state index < -0.39 is 5.54 Å². The van der Waals surface area contributed by atoms with Crippen LogP contribution < -0.4 is 5.32 Å². The van der Waals surface area contributed by atoms with E-state index in [1.807, 2.05) is 55.5 Å². The maximum Gasteiger partial charge on any atom is 0.128 e. The van der Waals surface area contributed by atoms with E-state index in [-0.39, 0.29) is 6.61 Å². The number of rotatable bonds is 4. The van der Waals surface area contributed by atoms with Crippen LogP contribution >= 0.6 is 15.9 Å². The Labute approximate surface area is 115 Å². The van der Waals surface area contributed by atoms with Gasteiger partial charge in [0.25, 0.3) is 0 Å². The van der Waals surface area contributed by atoms with E-state index in [1.54, 1.807) is 0 Å². The van der Waals surface area contributed by atoms with Crippen LogP contribution in [-0.2, 0) is 5.54 Å². The van der Waals surface area contributed by atoms with Crippen molar-refractivity contribution in [2.75, 3.05) is 11.9 Å². The number of hydrogen-bond acceptors (Lipinski definition) is 3. The van der Waals surface area contributed by atoms with Gasteiger partial charge in [-0.3, -0.25) is 0 Å². The summed E-state index contributed by atoms with van der Waals surface area (Å²) in [5, 5.41) is 12.9. The second-order valence-electron chi connectivity index (χ2n) is 4.33. The largest absolute Gasteiger partial charge is 0.394 e. The normalized spacial score (nSPS) is 13.9. The van der Waals surface area contributed by atoms with Crippen LogP contribution in [-0.4, -0.2) is 16.7 Å². The Kier molecular flexibility index (Phi) is 3.99. The summed E-state index contributed by atoms with van der Waals surface area (Å²) < 4.78 is 0.765. The summed E-state index contributed by atoms with van der Waals surface area (Å²) in [6, 6.07) is 15.5. The highest BCUT2D eigenvalue weighted by Crippen LogP contribution is 2.25. The number of benzene rings is 1. The number of aliphatic hydroxyl groups excluding tert-OH is 1. The first-order chi connectivity index (χ1) is 8.64. The van der Waals surface area contributed by atoms with E-state index in [4.69, 9.17) is 0 Å². The molecule has 3 nitrogen and oxygen atoms in total. The summed E-state index contributed by atoms with van der Waals surface area (Å²) in [5.74, 6) is 0.727. The van der Waals surface area contributed by atoms with Gasteiger partial charge >= 0.3 is 0 Å². The van der Waals surface area contributed by atoms with Crippen molar-refractivity contribution in [3.63, 3.8) is 0 Å². The molecule has 1 atom stereocenters. The summed E-state index contributed by atoms with van der Waals surface area (Å²) in [4.78, 5) is 4.33. The fraction of sp³-hybridized carbons (Fsp3) is 0.214. The monoisotopic (exact) mass is 306 g/mol. The molecule has 0 bridgehead atoms. The van der Waals surface area contributed by atoms with E-state index in [2.05, 4.69) is 26.2 Å². The van der Waals surface area contributed by atoms with Gasteiger partial charge in [-0.25, -0.2) is 4.98 Å². The topological polar surface area (TPSA) is 45.1 Å². The molecule has 0 aliphatic rings. The van der Waals surface area contributed by atoms with E-state index in [0.29, 0.717) is 0 Å². The molecule has 2 aromatic rings. The van der Waals surface area contributed by atoms with Crippen molar-refractivity contribution in [3.05, 3.63) is 58.7 Å². The van der Waals surface area contributed by atoms with E-state index in [0.717, 1.165) is 16.0 Å². The quantitative estimate of drug-likeness (QED) is 0.853. The Morgan fingerprint density at radius 1 is 1.17 bits per heavy atom. The van der Waals surface area contributed by atoms with Gasteiger partial charge in [0, 0.05) is 0 Å². The van der Waals surface area contributed by atoms with Gasteiger partial charge in [-0.15, -0.1) is 0 Å². The van der Waals surface area contributed by atoms with Gasteiger partial charge in [0.2, 0.25) is 0 Å². The van der Waals surface area contributed by atoms with Crippen LogP contribution in [0.25, 0.3) is 0 Å². The zero-order valence-corrected chi connectivity index (χ0v) is 11.7. The highest BCUT2D eigenvalue weighted by Gasteiger charge is 2.25. The van der Waals surface area contributed by atoms with E-state index in [1.165, 1.54) is 0 Å². The van der Waals surface area contributed by atoms with Gasteiger partial charge < -0.3 is 10.4 Å². The molecule has 0 aliphatic heterocycles. The molecule has 2 N–H and O–H groups in total. The number of aliphatic hydroxyl groups is 1. The Balaban J connectivity index is 2.29. The molecule has 0 fully saturated rings. The van der Waals surface area contributed by atoms with Crippen molar-refractivity contribution in [2.24, 2.45) is 0 Å². The second kappa shape index (κ2) is 5.50. The molecule has 0 radical (unpaired) electrons. The average Bonchev–Trinajstić information content (AvgIpc) is 2.39. The molecule has 1 heterocycles. The maximum atomic E-state index is 9.67. The van der Waals surface area contributed by atoms with Crippen LogP contribution in [0.3, 0.4) is 0 Å². The molecular weight excluding hydrogens is 292 g/mol. The molecule has 0 saturated carbocycles. The van der Waals surface area contributed by atoms with Crippen LogP contribution in [0.2, 0.25) is 0 Å². The van der Waals surface area contributed by atoms with E-state index >= 15 is 0 Å². The smallest absolute Gasteiger partial charge is 0.128 e. The molecule has 18 heavy (non-hydrogen) atoms. The molecule has 4 heteroatoms. The van der Waals surface area contributed by atoms with Crippen molar-refractivity contribution in [1.82, 2.24) is 4.98 Å². The number of aromatic nitrogens is 1. The number of halogens is 1. The fourth-order valence-corrected chi connectivity index (χ4v) is 2.11. The molecule has 1 aromatic heterocycles. The molecule has 0 aliphatic carbocycles. The Hall–Kier alpha value is -1.39. The molecule has 0 spiro atoms. The number of hydrogen-bond donors (Lipinski definition) is 2.